The smallest absolute Gasteiger partial charge is 0.339 e. The molecule has 0 aliphatic heterocycles. The Bertz CT molecular complexity index is 983. The van der Waals surface area contributed by atoms with Gasteiger partial charge < -0.3 is 15.6 Å². The van der Waals surface area contributed by atoms with E-state index in [2.05, 4.69) is 10.1 Å². The van der Waals surface area contributed by atoms with Crippen LogP contribution in [0.25, 0.3) is 0 Å². The number of nitrogens with two attached hydrogens (primary N) is 1. The van der Waals surface area contributed by atoms with Crippen molar-refractivity contribution in [1.29, 1.82) is 0 Å². The normalized spacial score (nSPS) is 12.0. The highest BCUT2D eigenvalue weighted by molar-refractivity contribution is 5.88. The van der Waals surface area contributed by atoms with Crippen molar-refractivity contribution in [3.05, 3.63) is 76.2 Å². The van der Waals surface area contributed by atoms with Crippen molar-refractivity contribution in [2.45, 2.75) is 33.4 Å². The Morgan fingerprint density at radius 3 is 2.57 bits per heavy atom. The molecule has 0 bridgehead atoms. The topological polar surface area (TPSA) is 103 Å². The standard InChI is InChI=1S/C21H24N4O3/c1-13-9-14(2)23-20(17(13)10-22)28-12-19(16-7-5-4-6-8-16)25-11-18(21(26)27)15(3)24-25/h4-9,11,19H,10,12,22H2,1-3H3,(H,26,27). The van der Waals surface area contributed by atoms with Gasteiger partial charge in [0.15, 0.2) is 0 Å². The minimum atomic E-state index is -1.00. The summed E-state index contributed by atoms with van der Waals surface area (Å²) in [6, 6.07) is 11.4. The summed E-state index contributed by atoms with van der Waals surface area (Å²) in [6.07, 6.45) is 1.54. The lowest BCUT2D eigenvalue weighted by Crippen LogP contribution is -2.21. The van der Waals surface area contributed by atoms with Crippen LogP contribution in [0.3, 0.4) is 0 Å². The molecule has 0 fully saturated rings. The van der Waals surface area contributed by atoms with Gasteiger partial charge in [0.05, 0.1) is 5.69 Å². The average molecular weight is 380 g/mol. The zero-order valence-corrected chi connectivity index (χ0v) is 16.2. The Labute approximate surface area is 163 Å². The second-order valence-electron chi connectivity index (χ2n) is 6.72. The number of hydrogen-bond donors (Lipinski definition) is 2. The number of carboxylic acids is 1. The molecule has 0 spiro atoms. The van der Waals surface area contributed by atoms with Gasteiger partial charge in [-0.15, -0.1) is 0 Å². The van der Waals surface area contributed by atoms with Crippen molar-refractivity contribution in [1.82, 2.24) is 14.8 Å². The maximum Gasteiger partial charge on any atom is 0.339 e. The number of aryl methyl sites for hydroxylation is 3. The van der Waals surface area contributed by atoms with Gasteiger partial charge >= 0.3 is 5.97 Å². The first-order valence-electron chi connectivity index (χ1n) is 9.04. The molecule has 0 saturated carbocycles. The summed E-state index contributed by atoms with van der Waals surface area (Å²) >= 11 is 0. The summed E-state index contributed by atoms with van der Waals surface area (Å²) in [5.41, 5.74) is 10.2. The van der Waals surface area contributed by atoms with Crippen LogP contribution in [0, 0.1) is 20.8 Å². The zero-order valence-electron chi connectivity index (χ0n) is 16.2. The van der Waals surface area contributed by atoms with E-state index < -0.39 is 5.97 Å². The molecule has 3 rings (SSSR count). The predicted molar refractivity (Wildman–Crippen MR) is 106 cm³/mol. The molecule has 1 unspecified atom stereocenters. The largest absolute Gasteiger partial charge is 0.478 e. The number of aromatic nitrogens is 3. The van der Waals surface area contributed by atoms with Crippen LogP contribution in [0.4, 0.5) is 0 Å². The van der Waals surface area contributed by atoms with Gasteiger partial charge in [0.1, 0.15) is 18.2 Å². The number of carbonyl (C=O) groups is 1. The van der Waals surface area contributed by atoms with Crippen LogP contribution >= 0.6 is 0 Å². The molecule has 0 radical (unpaired) electrons. The van der Waals surface area contributed by atoms with Gasteiger partial charge in [-0.3, -0.25) is 4.68 Å². The van der Waals surface area contributed by atoms with Gasteiger partial charge in [-0.25, -0.2) is 9.78 Å². The molecule has 0 amide bonds. The molecule has 1 atom stereocenters. The number of aromatic carboxylic acids is 1. The lowest BCUT2D eigenvalue weighted by atomic mass is 10.1. The predicted octanol–water partition coefficient (Wildman–Crippen LogP) is 3.03. The molecule has 146 valence electrons. The zero-order chi connectivity index (χ0) is 20.3. The van der Waals surface area contributed by atoms with E-state index in [1.165, 1.54) is 6.20 Å². The minimum absolute atomic E-state index is 0.174. The van der Waals surface area contributed by atoms with Crippen molar-refractivity contribution in [2.75, 3.05) is 6.61 Å². The van der Waals surface area contributed by atoms with E-state index in [9.17, 15) is 9.90 Å². The third kappa shape index (κ3) is 4.04. The van der Waals surface area contributed by atoms with Crippen molar-refractivity contribution < 1.29 is 14.6 Å². The van der Waals surface area contributed by atoms with Crippen LogP contribution in [0.15, 0.2) is 42.6 Å². The second-order valence-corrected chi connectivity index (χ2v) is 6.72. The molecule has 0 aliphatic rings. The van der Waals surface area contributed by atoms with E-state index in [-0.39, 0.29) is 18.2 Å². The lowest BCUT2D eigenvalue weighted by molar-refractivity contribution is 0.0696. The van der Waals surface area contributed by atoms with Crippen molar-refractivity contribution in [3.63, 3.8) is 0 Å². The fourth-order valence-electron chi connectivity index (χ4n) is 3.21. The van der Waals surface area contributed by atoms with Crippen molar-refractivity contribution in [3.8, 4) is 5.88 Å². The van der Waals surface area contributed by atoms with E-state index in [0.29, 0.717) is 18.1 Å². The summed E-state index contributed by atoms with van der Waals surface area (Å²) < 4.78 is 7.71. The first-order chi connectivity index (χ1) is 13.4. The van der Waals surface area contributed by atoms with Gasteiger partial charge in [-0.05, 0) is 38.0 Å². The van der Waals surface area contributed by atoms with Gasteiger partial charge in [0, 0.05) is 24.0 Å². The Morgan fingerprint density at radius 1 is 1.25 bits per heavy atom. The van der Waals surface area contributed by atoms with E-state index >= 15 is 0 Å². The number of hydrogen-bond acceptors (Lipinski definition) is 5. The van der Waals surface area contributed by atoms with Crippen LogP contribution < -0.4 is 10.5 Å². The molecule has 1 aromatic carbocycles. The highest BCUT2D eigenvalue weighted by Gasteiger charge is 2.21. The quantitative estimate of drug-likeness (QED) is 0.653. The Hall–Kier alpha value is -3.19. The van der Waals surface area contributed by atoms with Crippen LogP contribution in [0.1, 0.15) is 44.5 Å². The van der Waals surface area contributed by atoms with Gasteiger partial charge in [-0.2, -0.15) is 5.10 Å². The first kappa shape index (κ1) is 19.6. The minimum Gasteiger partial charge on any atom is -0.478 e. The number of nitrogens with zero attached hydrogens (tertiary/aromatic N) is 3. The Morgan fingerprint density at radius 2 is 1.96 bits per heavy atom. The summed E-state index contributed by atoms with van der Waals surface area (Å²) in [7, 11) is 0. The average Bonchev–Trinajstić information content (AvgIpc) is 3.04. The maximum absolute atomic E-state index is 11.4. The summed E-state index contributed by atoms with van der Waals surface area (Å²) in [5.74, 6) is -0.499. The third-order valence-electron chi connectivity index (χ3n) is 4.67. The number of rotatable bonds is 7. The molecule has 7 heteroatoms. The Balaban J connectivity index is 1.96. The molecule has 3 N–H and O–H groups in total. The van der Waals surface area contributed by atoms with Crippen LogP contribution in [-0.2, 0) is 6.54 Å². The highest BCUT2D eigenvalue weighted by Crippen LogP contribution is 2.24. The van der Waals surface area contributed by atoms with Crippen LogP contribution in [0.2, 0.25) is 0 Å². The van der Waals surface area contributed by atoms with E-state index in [1.54, 1.807) is 11.6 Å². The fourth-order valence-corrected chi connectivity index (χ4v) is 3.21. The SMILES string of the molecule is Cc1cc(C)c(CN)c(OCC(c2ccccc2)n2cc(C(=O)O)c(C)n2)n1. The highest BCUT2D eigenvalue weighted by atomic mass is 16.5. The molecule has 3 aromatic rings. The van der Waals surface area contributed by atoms with Crippen LogP contribution in [-0.4, -0.2) is 32.4 Å². The molecule has 2 aromatic heterocycles. The Kier molecular flexibility index (Phi) is 5.75. The summed E-state index contributed by atoms with van der Waals surface area (Å²) in [4.78, 5) is 15.9. The van der Waals surface area contributed by atoms with Gasteiger partial charge in [-0.1, -0.05) is 30.3 Å². The second kappa shape index (κ2) is 8.22. The third-order valence-corrected chi connectivity index (χ3v) is 4.67. The lowest BCUT2D eigenvalue weighted by Gasteiger charge is -2.20. The van der Waals surface area contributed by atoms with Crippen molar-refractivity contribution >= 4 is 5.97 Å². The number of ether oxygens (including phenoxy) is 1. The van der Waals surface area contributed by atoms with Crippen LogP contribution in [0.5, 0.6) is 5.88 Å². The summed E-state index contributed by atoms with van der Waals surface area (Å²) in [6.45, 7) is 6.14. The van der Waals surface area contributed by atoms with E-state index in [0.717, 1.165) is 22.4 Å². The number of benzene rings is 1. The first-order valence-corrected chi connectivity index (χ1v) is 9.04. The molecule has 2 heterocycles. The van der Waals surface area contributed by atoms with Crippen molar-refractivity contribution in [2.24, 2.45) is 5.73 Å². The monoisotopic (exact) mass is 380 g/mol. The number of carboxylic acid groups (broad SMARTS) is 1. The van der Waals surface area contributed by atoms with E-state index in [1.807, 2.05) is 50.2 Å². The van der Waals surface area contributed by atoms with Gasteiger partial charge in [0.25, 0.3) is 0 Å². The maximum atomic E-state index is 11.4. The van der Waals surface area contributed by atoms with E-state index in [4.69, 9.17) is 10.5 Å². The molecule has 7 nitrogen and oxygen atoms in total. The molecule has 0 saturated heterocycles. The fraction of sp³-hybridized carbons (Fsp3) is 0.286. The summed E-state index contributed by atoms with van der Waals surface area (Å²) in [5, 5.41) is 13.8. The molecule has 0 aliphatic carbocycles. The molecular formula is C21H24N4O3. The molecule has 28 heavy (non-hydrogen) atoms. The number of pyridine rings is 1. The molecular weight excluding hydrogens is 356 g/mol. The van der Waals surface area contributed by atoms with Gasteiger partial charge in [0.2, 0.25) is 5.88 Å².